The highest BCUT2D eigenvalue weighted by atomic mass is 32.1. The number of thiazole rings is 1. The average molecular weight is 504 g/mol. The normalized spacial score (nSPS) is 16.0. The molecule has 35 heavy (non-hydrogen) atoms. The fraction of sp³-hybridized carbons (Fsp3) is 0.560. The molecule has 2 fully saturated rings. The van der Waals surface area contributed by atoms with Gasteiger partial charge in [0.1, 0.15) is 11.9 Å². The number of alkyl carbamates (subject to hydrolysis) is 1. The van der Waals surface area contributed by atoms with Crippen LogP contribution in [0.1, 0.15) is 47.4 Å². The number of aromatic nitrogens is 1. The van der Waals surface area contributed by atoms with Gasteiger partial charge in [0.05, 0.1) is 25.5 Å². The maximum absolute atomic E-state index is 12.1. The van der Waals surface area contributed by atoms with E-state index in [0.717, 1.165) is 67.5 Å². The van der Waals surface area contributed by atoms with Crippen molar-refractivity contribution in [1.82, 2.24) is 10.3 Å². The molecule has 0 radical (unpaired) electrons. The predicted octanol–water partition coefficient (Wildman–Crippen LogP) is 3.71. The number of rotatable bonds is 11. The monoisotopic (exact) mass is 503 g/mol. The van der Waals surface area contributed by atoms with Gasteiger partial charge in [-0.3, -0.25) is 4.79 Å². The fourth-order valence-electron chi connectivity index (χ4n) is 3.99. The number of anilines is 1. The lowest BCUT2D eigenvalue weighted by Crippen LogP contribution is -2.36. The van der Waals surface area contributed by atoms with E-state index in [4.69, 9.17) is 24.3 Å². The maximum atomic E-state index is 12.1. The van der Waals surface area contributed by atoms with E-state index in [1.165, 1.54) is 4.88 Å². The molecule has 9 nitrogen and oxygen atoms in total. The van der Waals surface area contributed by atoms with Crippen LogP contribution in [0.2, 0.25) is 0 Å². The first kappa shape index (κ1) is 25.2. The van der Waals surface area contributed by atoms with Gasteiger partial charge in [0.15, 0.2) is 5.13 Å². The van der Waals surface area contributed by atoms with Crippen LogP contribution in [0.3, 0.4) is 0 Å². The number of nitrogens with zero attached hydrogens (tertiary/aromatic N) is 2. The molecule has 0 spiro atoms. The Labute approximate surface area is 209 Å². The summed E-state index contributed by atoms with van der Waals surface area (Å²) in [5.74, 6) is -0.182. The zero-order valence-corrected chi connectivity index (χ0v) is 20.9. The Bertz CT molecular complexity index is 1020. The van der Waals surface area contributed by atoms with Crippen molar-refractivity contribution in [3.8, 4) is 5.75 Å². The number of morpholine rings is 1. The van der Waals surface area contributed by atoms with Crippen molar-refractivity contribution in [3.63, 3.8) is 0 Å². The van der Waals surface area contributed by atoms with Crippen molar-refractivity contribution >= 4 is 28.5 Å². The molecule has 1 aromatic heterocycles. The number of hydrogen-bond acceptors (Lipinski definition) is 8. The molecule has 0 bridgehead atoms. The van der Waals surface area contributed by atoms with Gasteiger partial charge in [-0.2, -0.15) is 0 Å². The van der Waals surface area contributed by atoms with Gasteiger partial charge in [-0.15, -0.1) is 11.3 Å². The minimum Gasteiger partial charge on any atom is -0.493 e. The van der Waals surface area contributed by atoms with E-state index in [1.807, 2.05) is 18.2 Å². The summed E-state index contributed by atoms with van der Waals surface area (Å²) in [4.78, 5) is 31.4. The maximum Gasteiger partial charge on any atom is 0.407 e. The van der Waals surface area contributed by atoms with Crippen LogP contribution < -0.4 is 15.0 Å². The lowest BCUT2D eigenvalue weighted by Gasteiger charge is -2.26. The molecular weight excluding hydrogens is 470 g/mol. The summed E-state index contributed by atoms with van der Waals surface area (Å²) in [6, 6.07) is 5.59. The highest BCUT2D eigenvalue weighted by Crippen LogP contribution is 2.27. The number of carboxylic acid groups (broad SMARTS) is 1. The van der Waals surface area contributed by atoms with E-state index >= 15 is 0 Å². The molecule has 10 heteroatoms. The molecule has 1 saturated heterocycles. The standard InChI is InChI=1S/C25H33N3O6S/c1-17-22(27-24(35-17)28-10-13-32-14-11-28)9-12-33-21-7-5-18(6-8-23(29)30)19(15-21)16-26-25(31)34-20-3-2-4-20/h5,7,15,20H,2-4,6,8-14,16H2,1H3,(H,26,31)(H,29,30). The zero-order valence-electron chi connectivity index (χ0n) is 20.1. The summed E-state index contributed by atoms with van der Waals surface area (Å²) in [5, 5.41) is 12.9. The largest absolute Gasteiger partial charge is 0.493 e. The third-order valence-corrected chi connectivity index (χ3v) is 7.38. The van der Waals surface area contributed by atoms with Crippen molar-refractivity contribution in [2.45, 2.75) is 58.1 Å². The van der Waals surface area contributed by atoms with Crippen LogP contribution in [-0.4, -0.2) is 61.2 Å². The van der Waals surface area contributed by atoms with Gasteiger partial charge in [0.25, 0.3) is 0 Å². The predicted molar refractivity (Wildman–Crippen MR) is 132 cm³/mol. The number of carbonyl (C=O) groups excluding carboxylic acids is 1. The van der Waals surface area contributed by atoms with E-state index in [1.54, 1.807) is 11.3 Å². The zero-order chi connectivity index (χ0) is 24.6. The van der Waals surface area contributed by atoms with Crippen LogP contribution in [0.15, 0.2) is 18.2 Å². The van der Waals surface area contributed by atoms with Gasteiger partial charge in [0.2, 0.25) is 0 Å². The topological polar surface area (TPSA) is 110 Å². The molecule has 190 valence electrons. The molecular formula is C25H33N3O6S. The summed E-state index contributed by atoms with van der Waals surface area (Å²) >= 11 is 1.70. The second-order valence-corrected chi connectivity index (χ2v) is 10.0. The molecule has 1 saturated carbocycles. The first-order valence-corrected chi connectivity index (χ1v) is 13.0. The van der Waals surface area contributed by atoms with Crippen LogP contribution in [-0.2, 0) is 33.7 Å². The highest BCUT2D eigenvalue weighted by molar-refractivity contribution is 7.15. The minimum absolute atomic E-state index is 0.00841. The van der Waals surface area contributed by atoms with Crippen LogP contribution in [0.4, 0.5) is 9.93 Å². The van der Waals surface area contributed by atoms with Crippen molar-refractivity contribution in [1.29, 1.82) is 0 Å². The van der Waals surface area contributed by atoms with Crippen molar-refractivity contribution in [2.24, 2.45) is 0 Å². The molecule has 2 N–H and O–H groups in total. The Hall–Kier alpha value is -2.85. The molecule has 1 aliphatic carbocycles. The Kier molecular flexibility index (Phi) is 8.81. The van der Waals surface area contributed by atoms with E-state index in [-0.39, 0.29) is 19.1 Å². The molecule has 1 amide bonds. The number of carboxylic acids is 1. The summed E-state index contributed by atoms with van der Waals surface area (Å²) in [7, 11) is 0. The van der Waals surface area contributed by atoms with Crippen molar-refractivity contribution in [2.75, 3.05) is 37.8 Å². The van der Waals surface area contributed by atoms with E-state index in [2.05, 4.69) is 17.1 Å². The second kappa shape index (κ2) is 12.2. The van der Waals surface area contributed by atoms with Crippen molar-refractivity contribution in [3.05, 3.63) is 39.9 Å². The van der Waals surface area contributed by atoms with Crippen LogP contribution >= 0.6 is 11.3 Å². The number of carbonyl (C=O) groups is 2. The third kappa shape index (κ3) is 7.32. The Morgan fingerprint density at radius 3 is 2.74 bits per heavy atom. The van der Waals surface area contributed by atoms with Crippen LogP contribution in [0.25, 0.3) is 0 Å². The number of benzene rings is 1. The molecule has 1 aromatic carbocycles. The third-order valence-electron chi connectivity index (χ3n) is 6.31. The average Bonchev–Trinajstić information content (AvgIpc) is 3.20. The van der Waals surface area contributed by atoms with Gasteiger partial charge in [0, 0.05) is 37.4 Å². The SMILES string of the molecule is Cc1sc(N2CCOCC2)nc1CCOc1ccc(CCC(=O)O)c(CNC(=O)OC2CCC2)c1. The second-order valence-electron chi connectivity index (χ2n) is 8.83. The molecule has 2 aromatic rings. The van der Waals surface area contributed by atoms with E-state index in [9.17, 15) is 9.59 Å². The number of nitrogens with one attached hydrogen (secondary N) is 1. The van der Waals surface area contributed by atoms with Crippen LogP contribution in [0, 0.1) is 6.92 Å². The van der Waals surface area contributed by atoms with Gasteiger partial charge in [-0.05, 0) is 55.9 Å². The smallest absolute Gasteiger partial charge is 0.407 e. The van der Waals surface area contributed by atoms with Crippen LogP contribution in [0.5, 0.6) is 5.75 Å². The number of aliphatic carboxylic acids is 1. The lowest BCUT2D eigenvalue weighted by molar-refractivity contribution is -0.136. The quantitative estimate of drug-likeness (QED) is 0.478. The number of aryl methyl sites for hydroxylation is 2. The molecule has 0 atom stereocenters. The molecule has 2 heterocycles. The van der Waals surface area contributed by atoms with Gasteiger partial charge in [-0.1, -0.05) is 6.07 Å². The Balaban J connectivity index is 1.34. The molecule has 0 unspecified atom stereocenters. The fourth-order valence-corrected chi connectivity index (χ4v) is 5.00. The highest BCUT2D eigenvalue weighted by Gasteiger charge is 2.22. The summed E-state index contributed by atoms with van der Waals surface area (Å²) in [5.41, 5.74) is 2.73. The minimum atomic E-state index is -0.858. The first-order chi connectivity index (χ1) is 17.0. The first-order valence-electron chi connectivity index (χ1n) is 12.2. The van der Waals surface area contributed by atoms with Gasteiger partial charge < -0.3 is 29.5 Å². The van der Waals surface area contributed by atoms with E-state index in [0.29, 0.717) is 25.2 Å². The molecule has 1 aliphatic heterocycles. The molecule has 4 rings (SSSR count). The van der Waals surface area contributed by atoms with Gasteiger partial charge in [-0.25, -0.2) is 9.78 Å². The van der Waals surface area contributed by atoms with Gasteiger partial charge >= 0.3 is 12.1 Å². The molecule has 2 aliphatic rings. The summed E-state index contributed by atoms with van der Waals surface area (Å²) < 4.78 is 16.8. The summed E-state index contributed by atoms with van der Waals surface area (Å²) in [6.45, 7) is 6.00. The number of hydrogen-bond donors (Lipinski definition) is 2. The number of ether oxygens (including phenoxy) is 3. The Morgan fingerprint density at radius 2 is 2.03 bits per heavy atom. The lowest BCUT2D eigenvalue weighted by atomic mass is 9.96. The van der Waals surface area contributed by atoms with Crippen molar-refractivity contribution < 1.29 is 28.9 Å². The summed E-state index contributed by atoms with van der Waals surface area (Å²) in [6.07, 6.45) is 3.57. The van der Waals surface area contributed by atoms with E-state index < -0.39 is 12.1 Å². The number of amides is 1. The Morgan fingerprint density at radius 1 is 1.23 bits per heavy atom.